The van der Waals surface area contributed by atoms with Gasteiger partial charge in [-0.2, -0.15) is 0 Å². The smallest absolute Gasteiger partial charge is 0.326 e. The lowest BCUT2D eigenvalue weighted by Gasteiger charge is -2.31. The summed E-state index contributed by atoms with van der Waals surface area (Å²) in [4.78, 5) is 100. The Balaban J connectivity index is 2.22. The second kappa shape index (κ2) is 21.5. The molecule has 1 saturated heterocycles. The fraction of sp³-hybridized carbons (Fsp3) is 0.722. The summed E-state index contributed by atoms with van der Waals surface area (Å²) in [7, 11) is 0. The number of hydrogen-bond donors (Lipinski definition) is 10. The molecule has 6 amide bonds. The summed E-state index contributed by atoms with van der Waals surface area (Å²) in [5, 5.41) is 43.0. The van der Waals surface area contributed by atoms with E-state index in [1.165, 1.54) is 31.3 Å². The van der Waals surface area contributed by atoms with E-state index >= 15 is 0 Å². The summed E-state index contributed by atoms with van der Waals surface area (Å²) in [5.74, 6) is -6.44. The van der Waals surface area contributed by atoms with Gasteiger partial charge in [0.1, 0.15) is 42.3 Å². The third-order valence-electron chi connectivity index (χ3n) is 9.23. The number of aliphatic hydroxyl groups is 2. The van der Waals surface area contributed by atoms with Crippen molar-refractivity contribution in [2.75, 3.05) is 6.54 Å². The SMILES string of the molecule is CC(C)C[C@H](NC(=O)[C@@H](NC(=O)[C@@H]1CCCN1C(=O)[C@@H](N)[C@@H](C)O)C(C)C)C(=O)N[C@H](C(=O)N[C@@H](CC(C)C)C(=O)N[C@@H](Cc1cnc[nH]1)C(=O)O)[C@@H](C)O. The van der Waals surface area contributed by atoms with Gasteiger partial charge in [-0.15, -0.1) is 0 Å². The molecule has 11 N–H and O–H groups in total. The number of aromatic nitrogens is 2. The fourth-order valence-electron chi connectivity index (χ4n) is 6.16. The Kier molecular flexibility index (Phi) is 18.2. The average molecular weight is 780 g/mol. The van der Waals surface area contributed by atoms with E-state index in [0.29, 0.717) is 18.5 Å². The van der Waals surface area contributed by atoms with Gasteiger partial charge >= 0.3 is 5.97 Å². The molecule has 310 valence electrons. The summed E-state index contributed by atoms with van der Waals surface area (Å²) >= 11 is 0. The maximum absolute atomic E-state index is 13.7. The number of nitrogens with one attached hydrogen (secondary N) is 6. The highest BCUT2D eigenvalue weighted by atomic mass is 16.4. The van der Waals surface area contributed by atoms with Crippen molar-refractivity contribution in [3.05, 3.63) is 18.2 Å². The highest BCUT2D eigenvalue weighted by molar-refractivity contribution is 5.97. The Labute approximate surface area is 321 Å². The number of carbonyl (C=O) groups is 7. The topological polar surface area (TPSA) is 298 Å². The molecule has 0 saturated carbocycles. The largest absolute Gasteiger partial charge is 0.480 e. The molecule has 19 nitrogen and oxygen atoms in total. The Morgan fingerprint density at radius 3 is 1.76 bits per heavy atom. The van der Waals surface area contributed by atoms with Crippen LogP contribution in [0.4, 0.5) is 0 Å². The maximum Gasteiger partial charge on any atom is 0.326 e. The van der Waals surface area contributed by atoms with Crippen LogP contribution in [-0.4, -0.2) is 133 Å². The number of H-pyrrole nitrogens is 1. The molecule has 1 aromatic heterocycles. The number of carboxylic acid groups (broad SMARTS) is 1. The minimum Gasteiger partial charge on any atom is -0.480 e. The first-order valence-corrected chi connectivity index (χ1v) is 18.8. The number of aromatic amines is 1. The molecule has 0 radical (unpaired) electrons. The lowest BCUT2D eigenvalue weighted by atomic mass is 9.98. The number of imidazole rings is 1. The number of nitrogens with two attached hydrogens (primary N) is 1. The molecule has 2 heterocycles. The Hall–Kier alpha value is -4.62. The zero-order valence-corrected chi connectivity index (χ0v) is 33.0. The van der Waals surface area contributed by atoms with Crippen molar-refractivity contribution in [3.8, 4) is 0 Å². The number of likely N-dealkylation sites (tertiary alicyclic amines) is 1. The first kappa shape index (κ1) is 46.5. The summed E-state index contributed by atoms with van der Waals surface area (Å²) in [6, 6.07) is -8.65. The number of carbonyl (C=O) groups excluding carboxylic acids is 6. The van der Waals surface area contributed by atoms with Crippen molar-refractivity contribution < 1.29 is 48.9 Å². The maximum atomic E-state index is 13.7. The van der Waals surface area contributed by atoms with Crippen LogP contribution in [0.1, 0.15) is 86.8 Å². The summed E-state index contributed by atoms with van der Waals surface area (Å²) in [6.45, 7) is 13.5. The standard InChI is InChI=1S/C36H61N9O10/c1-17(2)12-23(30(48)42-25(36(54)55)14-22-15-38-16-39-22)41-34(52)29(21(8)47)44-31(49)24(13-18(3)4)40-33(51)28(19(5)6)43-32(50)26-10-9-11-45(26)35(53)27(37)20(7)46/h15-21,23-29,46-47H,9-14,37H2,1-8H3,(H,38,39)(H,40,51)(H,41,52)(H,42,48)(H,43,50)(H,44,49)(H,54,55)/t20-,21-,23+,24+,25+,26+,27+,28+,29+/m1/s1. The van der Waals surface area contributed by atoms with E-state index in [-0.39, 0.29) is 37.6 Å². The summed E-state index contributed by atoms with van der Waals surface area (Å²) < 4.78 is 0. The Bertz CT molecular complexity index is 1470. The van der Waals surface area contributed by atoms with Crippen molar-refractivity contribution in [3.63, 3.8) is 0 Å². The van der Waals surface area contributed by atoms with Crippen LogP contribution in [0.2, 0.25) is 0 Å². The van der Waals surface area contributed by atoms with Crippen LogP contribution in [-0.2, 0) is 40.0 Å². The molecule has 0 bridgehead atoms. The molecular formula is C36H61N9O10. The molecule has 0 aromatic carbocycles. The van der Waals surface area contributed by atoms with Crippen LogP contribution in [0.15, 0.2) is 12.5 Å². The van der Waals surface area contributed by atoms with E-state index in [4.69, 9.17) is 5.73 Å². The molecule has 1 fully saturated rings. The predicted molar refractivity (Wildman–Crippen MR) is 199 cm³/mol. The molecule has 55 heavy (non-hydrogen) atoms. The van der Waals surface area contributed by atoms with Gasteiger partial charge in [0.15, 0.2) is 0 Å². The van der Waals surface area contributed by atoms with Crippen LogP contribution in [0.3, 0.4) is 0 Å². The van der Waals surface area contributed by atoms with Gasteiger partial charge in [0.25, 0.3) is 0 Å². The molecule has 9 atom stereocenters. The molecule has 0 spiro atoms. The Morgan fingerprint density at radius 1 is 0.782 bits per heavy atom. The quantitative estimate of drug-likeness (QED) is 0.0668. The lowest BCUT2D eigenvalue weighted by Crippen LogP contribution is -2.62. The van der Waals surface area contributed by atoms with Crippen molar-refractivity contribution >= 4 is 41.4 Å². The number of rotatable bonds is 21. The lowest BCUT2D eigenvalue weighted by molar-refractivity contribution is -0.142. The second-order valence-corrected chi connectivity index (χ2v) is 15.5. The van der Waals surface area contributed by atoms with E-state index in [2.05, 4.69) is 36.6 Å². The van der Waals surface area contributed by atoms with Gasteiger partial charge in [0.05, 0.1) is 18.5 Å². The predicted octanol–water partition coefficient (Wildman–Crippen LogP) is -1.71. The van der Waals surface area contributed by atoms with Crippen LogP contribution in [0.25, 0.3) is 0 Å². The van der Waals surface area contributed by atoms with Gasteiger partial charge < -0.3 is 57.5 Å². The van der Waals surface area contributed by atoms with E-state index in [0.717, 1.165) is 0 Å². The van der Waals surface area contributed by atoms with Crippen molar-refractivity contribution in [1.29, 1.82) is 0 Å². The minimum absolute atomic E-state index is 0.0997. The van der Waals surface area contributed by atoms with Crippen LogP contribution in [0.5, 0.6) is 0 Å². The third kappa shape index (κ3) is 14.2. The summed E-state index contributed by atoms with van der Waals surface area (Å²) in [5.41, 5.74) is 6.31. The third-order valence-corrected chi connectivity index (χ3v) is 9.23. The number of amides is 6. The van der Waals surface area contributed by atoms with E-state index in [9.17, 15) is 48.9 Å². The molecule has 19 heteroatoms. The average Bonchev–Trinajstić information content (AvgIpc) is 3.79. The molecule has 1 aliphatic heterocycles. The number of hydrogen-bond acceptors (Lipinski definition) is 11. The van der Waals surface area contributed by atoms with Crippen molar-refractivity contribution in [2.24, 2.45) is 23.5 Å². The second-order valence-electron chi connectivity index (χ2n) is 15.5. The molecule has 2 rings (SSSR count). The number of aliphatic hydroxyl groups excluding tert-OH is 2. The van der Waals surface area contributed by atoms with Gasteiger partial charge in [0.2, 0.25) is 35.4 Å². The van der Waals surface area contributed by atoms with Gasteiger partial charge in [-0.25, -0.2) is 9.78 Å². The van der Waals surface area contributed by atoms with Crippen LogP contribution < -0.4 is 32.3 Å². The van der Waals surface area contributed by atoms with Crippen molar-refractivity contribution in [1.82, 2.24) is 41.5 Å². The van der Waals surface area contributed by atoms with Gasteiger partial charge in [-0.05, 0) is 57.3 Å². The van der Waals surface area contributed by atoms with E-state index < -0.39 is 102 Å². The molecule has 1 aliphatic rings. The number of carboxylic acids is 1. The van der Waals surface area contributed by atoms with Crippen molar-refractivity contribution in [2.45, 2.75) is 142 Å². The van der Waals surface area contributed by atoms with Crippen LogP contribution >= 0.6 is 0 Å². The van der Waals surface area contributed by atoms with E-state index in [1.54, 1.807) is 27.7 Å². The first-order chi connectivity index (χ1) is 25.6. The normalized spacial score (nSPS) is 18.7. The number of nitrogens with zero attached hydrogens (tertiary/aromatic N) is 2. The fourth-order valence-corrected chi connectivity index (χ4v) is 6.16. The van der Waals surface area contributed by atoms with Crippen LogP contribution in [0, 0.1) is 17.8 Å². The highest BCUT2D eigenvalue weighted by Crippen LogP contribution is 2.20. The molecular weight excluding hydrogens is 718 g/mol. The number of aliphatic carboxylic acids is 1. The Morgan fingerprint density at radius 2 is 1.31 bits per heavy atom. The van der Waals surface area contributed by atoms with Gasteiger partial charge in [0, 0.05) is 24.9 Å². The monoisotopic (exact) mass is 779 g/mol. The molecule has 0 aliphatic carbocycles. The first-order valence-electron chi connectivity index (χ1n) is 18.8. The molecule has 1 aromatic rings. The van der Waals surface area contributed by atoms with Gasteiger partial charge in [-0.1, -0.05) is 41.5 Å². The highest BCUT2D eigenvalue weighted by Gasteiger charge is 2.40. The van der Waals surface area contributed by atoms with E-state index in [1.807, 2.05) is 13.8 Å². The zero-order valence-electron chi connectivity index (χ0n) is 33.0. The zero-order chi connectivity index (χ0) is 41.7. The summed E-state index contributed by atoms with van der Waals surface area (Å²) in [6.07, 6.45) is 1.14. The van der Waals surface area contributed by atoms with Gasteiger partial charge in [-0.3, -0.25) is 28.8 Å². The molecule has 0 unspecified atom stereocenters. The minimum atomic E-state index is -1.58.